The zero-order valence-corrected chi connectivity index (χ0v) is 12.7. The normalized spacial score (nSPS) is 12.4. The Morgan fingerprint density at radius 1 is 1.59 bits per heavy atom. The molecule has 0 aliphatic rings. The minimum atomic E-state index is 0.0682. The number of hydrogen-bond acceptors (Lipinski definition) is 3. The molecule has 2 N–H and O–H groups in total. The fraction of sp³-hybridized carbons (Fsp3) is 0.583. The van der Waals surface area contributed by atoms with Gasteiger partial charge in [0.25, 0.3) is 0 Å². The van der Waals surface area contributed by atoms with Crippen LogP contribution in [0.2, 0.25) is 0 Å². The van der Waals surface area contributed by atoms with Gasteiger partial charge in [-0.05, 0) is 40.7 Å². The van der Waals surface area contributed by atoms with Crippen molar-refractivity contribution < 1.29 is 4.79 Å². The Hall–Kier alpha value is -0.390. The molecule has 0 aliphatic carbocycles. The molecular formula is C12H19BrN2OS. The van der Waals surface area contributed by atoms with Gasteiger partial charge in [-0.25, -0.2) is 0 Å². The molecule has 1 aromatic heterocycles. The molecule has 0 bridgehead atoms. The summed E-state index contributed by atoms with van der Waals surface area (Å²) in [7, 11) is 0. The van der Waals surface area contributed by atoms with Gasteiger partial charge in [-0.3, -0.25) is 4.79 Å². The molecule has 0 saturated carbocycles. The smallest absolute Gasteiger partial charge is 0.234 e. The van der Waals surface area contributed by atoms with Crippen LogP contribution < -0.4 is 10.6 Å². The molecular weight excluding hydrogens is 300 g/mol. The van der Waals surface area contributed by atoms with Gasteiger partial charge in [0.05, 0.1) is 6.54 Å². The molecule has 1 amide bonds. The summed E-state index contributed by atoms with van der Waals surface area (Å²) in [5.74, 6) is 0.0682. The molecule has 0 fully saturated rings. The number of rotatable bonds is 7. The van der Waals surface area contributed by atoms with E-state index < -0.39 is 0 Å². The quantitative estimate of drug-likeness (QED) is 0.811. The Kier molecular flexibility index (Phi) is 6.77. The van der Waals surface area contributed by atoms with Crippen LogP contribution in [0.4, 0.5) is 0 Å². The zero-order chi connectivity index (χ0) is 12.7. The van der Waals surface area contributed by atoms with Crippen molar-refractivity contribution in [2.45, 2.75) is 39.3 Å². The van der Waals surface area contributed by atoms with Gasteiger partial charge in [0, 0.05) is 21.9 Å². The highest BCUT2D eigenvalue weighted by atomic mass is 79.9. The van der Waals surface area contributed by atoms with Crippen LogP contribution in [0.5, 0.6) is 0 Å². The lowest BCUT2D eigenvalue weighted by atomic mass is 10.2. The van der Waals surface area contributed by atoms with Crippen molar-refractivity contribution in [1.29, 1.82) is 0 Å². The predicted octanol–water partition coefficient (Wildman–Crippen LogP) is 2.91. The molecule has 17 heavy (non-hydrogen) atoms. The number of carbonyl (C=O) groups excluding carboxylic acids is 1. The van der Waals surface area contributed by atoms with Gasteiger partial charge in [-0.15, -0.1) is 11.3 Å². The van der Waals surface area contributed by atoms with Crippen LogP contribution in [0.3, 0.4) is 0 Å². The van der Waals surface area contributed by atoms with Crippen molar-refractivity contribution in [3.05, 3.63) is 20.8 Å². The fourth-order valence-corrected chi connectivity index (χ4v) is 3.03. The third-order valence-electron chi connectivity index (χ3n) is 2.39. The Balaban J connectivity index is 2.18. The third-order valence-corrected chi connectivity index (χ3v) is 4.32. The van der Waals surface area contributed by atoms with Crippen LogP contribution in [-0.2, 0) is 11.3 Å². The third kappa shape index (κ3) is 5.66. The zero-order valence-electron chi connectivity index (χ0n) is 10.3. The van der Waals surface area contributed by atoms with Gasteiger partial charge in [-0.2, -0.15) is 0 Å². The summed E-state index contributed by atoms with van der Waals surface area (Å²) in [6.45, 7) is 5.26. The SMILES string of the molecule is CCCC(C)NC(=O)CNCc1sccc1Br. The molecule has 1 atom stereocenters. The van der Waals surface area contributed by atoms with Gasteiger partial charge < -0.3 is 10.6 Å². The predicted molar refractivity (Wildman–Crippen MR) is 76.2 cm³/mol. The standard InChI is InChI=1S/C12H19BrN2OS/c1-3-4-9(2)15-12(16)8-14-7-11-10(13)5-6-17-11/h5-6,9,14H,3-4,7-8H2,1-2H3,(H,15,16). The molecule has 0 aromatic carbocycles. The first-order valence-corrected chi connectivity index (χ1v) is 7.52. The number of halogens is 1. The molecule has 5 heteroatoms. The van der Waals surface area contributed by atoms with Crippen LogP contribution in [0.1, 0.15) is 31.6 Å². The molecule has 1 heterocycles. The van der Waals surface area contributed by atoms with Crippen LogP contribution in [0, 0.1) is 0 Å². The average molecular weight is 319 g/mol. The summed E-state index contributed by atoms with van der Waals surface area (Å²) in [5, 5.41) is 8.14. The van der Waals surface area contributed by atoms with Crippen molar-refractivity contribution in [3.8, 4) is 0 Å². The molecule has 3 nitrogen and oxygen atoms in total. The van der Waals surface area contributed by atoms with Crippen molar-refractivity contribution in [3.63, 3.8) is 0 Å². The molecule has 0 radical (unpaired) electrons. The van der Waals surface area contributed by atoms with Gasteiger partial charge in [0.1, 0.15) is 0 Å². The van der Waals surface area contributed by atoms with Crippen LogP contribution in [-0.4, -0.2) is 18.5 Å². The number of hydrogen-bond donors (Lipinski definition) is 2. The van der Waals surface area contributed by atoms with E-state index in [0.717, 1.165) is 23.9 Å². The average Bonchev–Trinajstić information content (AvgIpc) is 2.64. The lowest BCUT2D eigenvalue weighted by Crippen LogP contribution is -2.38. The van der Waals surface area contributed by atoms with E-state index in [4.69, 9.17) is 0 Å². The lowest BCUT2D eigenvalue weighted by Gasteiger charge is -2.12. The lowest BCUT2D eigenvalue weighted by molar-refractivity contribution is -0.120. The summed E-state index contributed by atoms with van der Waals surface area (Å²) in [6, 6.07) is 2.29. The van der Waals surface area contributed by atoms with Gasteiger partial charge in [0.15, 0.2) is 0 Å². The second kappa shape index (κ2) is 7.84. The van der Waals surface area contributed by atoms with Crippen molar-refractivity contribution in [2.24, 2.45) is 0 Å². The Morgan fingerprint density at radius 2 is 2.35 bits per heavy atom. The number of thiophene rings is 1. The number of nitrogens with one attached hydrogen (secondary N) is 2. The molecule has 1 aromatic rings. The number of amides is 1. The Morgan fingerprint density at radius 3 is 2.94 bits per heavy atom. The second-order valence-corrected chi connectivity index (χ2v) is 5.91. The van der Waals surface area contributed by atoms with E-state index in [-0.39, 0.29) is 11.9 Å². The van der Waals surface area contributed by atoms with Gasteiger partial charge in [0.2, 0.25) is 5.91 Å². The van der Waals surface area contributed by atoms with E-state index in [1.54, 1.807) is 11.3 Å². The molecule has 0 spiro atoms. The molecule has 96 valence electrons. The maximum atomic E-state index is 11.6. The van der Waals surface area contributed by atoms with E-state index in [1.807, 2.05) is 18.4 Å². The first-order valence-electron chi connectivity index (χ1n) is 5.85. The molecule has 1 unspecified atom stereocenters. The summed E-state index contributed by atoms with van der Waals surface area (Å²) in [6.07, 6.45) is 2.12. The second-order valence-electron chi connectivity index (χ2n) is 4.05. The molecule has 1 rings (SSSR count). The number of carbonyl (C=O) groups is 1. The Labute approximate surface area is 115 Å². The van der Waals surface area contributed by atoms with Crippen molar-refractivity contribution in [2.75, 3.05) is 6.54 Å². The summed E-state index contributed by atoms with van der Waals surface area (Å²) in [4.78, 5) is 12.8. The highest BCUT2D eigenvalue weighted by molar-refractivity contribution is 9.10. The molecule has 0 saturated heterocycles. The topological polar surface area (TPSA) is 41.1 Å². The van der Waals surface area contributed by atoms with Crippen LogP contribution in [0.25, 0.3) is 0 Å². The highest BCUT2D eigenvalue weighted by Gasteiger charge is 2.06. The summed E-state index contributed by atoms with van der Waals surface area (Å²) >= 11 is 5.15. The summed E-state index contributed by atoms with van der Waals surface area (Å²) < 4.78 is 1.11. The van der Waals surface area contributed by atoms with Gasteiger partial charge in [-0.1, -0.05) is 13.3 Å². The monoisotopic (exact) mass is 318 g/mol. The van der Waals surface area contributed by atoms with E-state index in [1.165, 1.54) is 4.88 Å². The van der Waals surface area contributed by atoms with E-state index in [2.05, 4.69) is 33.5 Å². The fourth-order valence-electron chi connectivity index (χ4n) is 1.57. The Bertz CT molecular complexity index is 354. The van der Waals surface area contributed by atoms with Crippen LogP contribution >= 0.6 is 27.3 Å². The molecule has 0 aliphatic heterocycles. The van der Waals surface area contributed by atoms with Crippen LogP contribution in [0.15, 0.2) is 15.9 Å². The first kappa shape index (κ1) is 14.7. The van der Waals surface area contributed by atoms with Gasteiger partial charge >= 0.3 is 0 Å². The minimum absolute atomic E-state index is 0.0682. The minimum Gasteiger partial charge on any atom is -0.353 e. The van der Waals surface area contributed by atoms with Crippen molar-refractivity contribution in [1.82, 2.24) is 10.6 Å². The highest BCUT2D eigenvalue weighted by Crippen LogP contribution is 2.21. The van der Waals surface area contributed by atoms with E-state index in [0.29, 0.717) is 6.54 Å². The van der Waals surface area contributed by atoms with E-state index in [9.17, 15) is 4.79 Å². The maximum absolute atomic E-state index is 11.6. The first-order chi connectivity index (χ1) is 8.13. The van der Waals surface area contributed by atoms with E-state index >= 15 is 0 Å². The largest absolute Gasteiger partial charge is 0.353 e. The maximum Gasteiger partial charge on any atom is 0.234 e. The van der Waals surface area contributed by atoms with Crippen molar-refractivity contribution >= 4 is 33.2 Å². The summed E-state index contributed by atoms with van der Waals surface area (Å²) in [5.41, 5.74) is 0.